The highest BCUT2D eigenvalue weighted by molar-refractivity contribution is 5.86. The Morgan fingerprint density at radius 1 is 1.09 bits per heavy atom. The number of carbonyl (C=O) groups is 1. The van der Waals surface area contributed by atoms with E-state index in [0.717, 1.165) is 61.5 Å². The van der Waals surface area contributed by atoms with E-state index in [4.69, 9.17) is 20.4 Å². The second kappa shape index (κ2) is 8.27. The molecular formula is C24H32N8O3. The molecule has 2 saturated heterocycles. The van der Waals surface area contributed by atoms with E-state index < -0.39 is 5.60 Å². The highest BCUT2D eigenvalue weighted by Crippen LogP contribution is 2.42. The second-order valence-electron chi connectivity index (χ2n) is 10.4. The van der Waals surface area contributed by atoms with E-state index in [9.17, 15) is 9.90 Å². The van der Waals surface area contributed by atoms with Crippen LogP contribution in [-0.2, 0) is 16.0 Å². The first-order chi connectivity index (χ1) is 16.9. The number of nitrogens with two attached hydrogens (primary N) is 1. The molecule has 6 rings (SSSR count). The van der Waals surface area contributed by atoms with Gasteiger partial charge in [0.25, 0.3) is 5.91 Å². The summed E-state index contributed by atoms with van der Waals surface area (Å²) in [5, 5.41) is 10.6. The molecule has 0 spiro atoms. The van der Waals surface area contributed by atoms with Crippen molar-refractivity contribution < 1.29 is 14.6 Å². The number of morpholine rings is 1. The molecule has 11 heteroatoms. The van der Waals surface area contributed by atoms with Gasteiger partial charge in [-0.05, 0) is 39.0 Å². The van der Waals surface area contributed by atoms with Crippen molar-refractivity contribution in [3.05, 3.63) is 18.0 Å². The Kier molecular flexibility index (Phi) is 5.29. The molecule has 1 saturated carbocycles. The predicted octanol–water partition coefficient (Wildman–Crippen LogP) is 0.621. The van der Waals surface area contributed by atoms with Crippen LogP contribution in [0.3, 0.4) is 0 Å². The van der Waals surface area contributed by atoms with Crippen LogP contribution >= 0.6 is 0 Å². The zero-order valence-corrected chi connectivity index (χ0v) is 20.1. The molecule has 3 fully saturated rings. The van der Waals surface area contributed by atoms with E-state index >= 15 is 0 Å². The quantitative estimate of drug-likeness (QED) is 0.641. The molecule has 3 aliphatic heterocycles. The van der Waals surface area contributed by atoms with Crippen molar-refractivity contribution in [1.82, 2.24) is 24.8 Å². The van der Waals surface area contributed by atoms with Gasteiger partial charge in [0, 0.05) is 56.2 Å². The van der Waals surface area contributed by atoms with Crippen molar-refractivity contribution in [3.63, 3.8) is 0 Å². The number of nitrogens with zero attached hydrogens (tertiary/aromatic N) is 7. The van der Waals surface area contributed by atoms with Gasteiger partial charge in [-0.1, -0.05) is 0 Å². The van der Waals surface area contributed by atoms with Gasteiger partial charge in [0.2, 0.25) is 11.9 Å². The van der Waals surface area contributed by atoms with Crippen molar-refractivity contribution >= 4 is 23.6 Å². The van der Waals surface area contributed by atoms with Crippen LogP contribution in [0.5, 0.6) is 0 Å². The van der Waals surface area contributed by atoms with Gasteiger partial charge < -0.3 is 30.3 Å². The maximum atomic E-state index is 13.0. The molecule has 1 aliphatic carbocycles. The molecule has 2 aromatic heterocycles. The number of hydrogen-bond donors (Lipinski definition) is 2. The Hall–Kier alpha value is -3.05. The fraction of sp³-hybridized carbons (Fsp3) is 0.625. The topological polar surface area (TPSA) is 134 Å². The summed E-state index contributed by atoms with van der Waals surface area (Å²) in [5.41, 5.74) is 7.01. The summed E-state index contributed by atoms with van der Waals surface area (Å²) < 4.78 is 5.54. The molecule has 0 unspecified atom stereocenters. The molecule has 5 heterocycles. The smallest absolute Gasteiger partial charge is 0.254 e. The lowest BCUT2D eigenvalue weighted by Crippen LogP contribution is -2.55. The number of aliphatic hydroxyl groups is 1. The predicted molar refractivity (Wildman–Crippen MR) is 130 cm³/mol. The van der Waals surface area contributed by atoms with Crippen molar-refractivity contribution in [1.29, 1.82) is 0 Å². The summed E-state index contributed by atoms with van der Waals surface area (Å²) in [4.78, 5) is 37.8. The molecule has 0 aromatic carbocycles. The van der Waals surface area contributed by atoms with Gasteiger partial charge in [-0.2, -0.15) is 4.98 Å². The van der Waals surface area contributed by atoms with Crippen LogP contribution in [0.15, 0.2) is 12.4 Å². The van der Waals surface area contributed by atoms with Crippen LogP contribution < -0.4 is 15.5 Å². The van der Waals surface area contributed by atoms with Gasteiger partial charge in [0.1, 0.15) is 11.4 Å². The first-order valence-corrected chi connectivity index (χ1v) is 12.5. The minimum atomic E-state index is -1.16. The number of hydrogen-bond acceptors (Lipinski definition) is 10. The molecular weight excluding hydrogens is 448 g/mol. The van der Waals surface area contributed by atoms with Crippen LogP contribution in [0.25, 0.3) is 11.3 Å². The van der Waals surface area contributed by atoms with Gasteiger partial charge >= 0.3 is 0 Å². The normalized spacial score (nSPS) is 25.5. The molecule has 4 aliphatic rings. The van der Waals surface area contributed by atoms with E-state index in [-0.39, 0.29) is 17.4 Å². The summed E-state index contributed by atoms with van der Waals surface area (Å²) in [6.07, 6.45) is 7.09. The molecule has 35 heavy (non-hydrogen) atoms. The number of aromatic nitrogens is 4. The Labute approximate surface area is 204 Å². The number of anilines is 3. The molecule has 3 N–H and O–H groups in total. The lowest BCUT2D eigenvalue weighted by molar-refractivity contribution is -0.159. The molecule has 0 bridgehead atoms. The SMILES string of the molecule is C[C@]1(N2CCc3c(-c4cnc(N)nc4)nc(N4CCOCC4)nc32)CCN(C(=O)C2(O)CCC2)C1. The molecule has 1 amide bonds. The van der Waals surface area contributed by atoms with Crippen LogP contribution in [0.4, 0.5) is 17.7 Å². The average molecular weight is 481 g/mol. The average Bonchev–Trinajstić information content (AvgIpc) is 3.47. The van der Waals surface area contributed by atoms with Gasteiger partial charge in [-0.15, -0.1) is 0 Å². The fourth-order valence-electron chi connectivity index (χ4n) is 5.73. The lowest BCUT2D eigenvalue weighted by atomic mass is 9.79. The molecule has 0 radical (unpaired) electrons. The van der Waals surface area contributed by atoms with E-state index in [0.29, 0.717) is 45.1 Å². The Balaban J connectivity index is 1.35. The minimum Gasteiger partial charge on any atom is -0.380 e. The van der Waals surface area contributed by atoms with Gasteiger partial charge in [0.05, 0.1) is 24.4 Å². The lowest BCUT2D eigenvalue weighted by Gasteiger charge is -2.40. The summed E-state index contributed by atoms with van der Waals surface area (Å²) in [6, 6.07) is 0. The Morgan fingerprint density at radius 3 is 2.51 bits per heavy atom. The highest BCUT2D eigenvalue weighted by atomic mass is 16.5. The Bertz CT molecular complexity index is 1130. The van der Waals surface area contributed by atoms with Gasteiger partial charge in [-0.3, -0.25) is 4.79 Å². The summed E-state index contributed by atoms with van der Waals surface area (Å²) in [6.45, 7) is 6.95. The largest absolute Gasteiger partial charge is 0.380 e. The van der Waals surface area contributed by atoms with Crippen molar-refractivity contribution in [2.45, 2.75) is 50.2 Å². The number of ether oxygens (including phenoxy) is 1. The van der Waals surface area contributed by atoms with Crippen molar-refractivity contribution in [2.75, 3.05) is 61.5 Å². The fourth-order valence-corrected chi connectivity index (χ4v) is 5.73. The molecule has 11 nitrogen and oxygen atoms in total. The number of amides is 1. The van der Waals surface area contributed by atoms with E-state index in [1.54, 1.807) is 12.4 Å². The van der Waals surface area contributed by atoms with Crippen molar-refractivity contribution in [3.8, 4) is 11.3 Å². The van der Waals surface area contributed by atoms with E-state index in [1.807, 2.05) is 4.90 Å². The summed E-state index contributed by atoms with van der Waals surface area (Å²) in [7, 11) is 0. The third kappa shape index (κ3) is 3.77. The molecule has 2 aromatic rings. The first-order valence-electron chi connectivity index (χ1n) is 12.5. The second-order valence-corrected chi connectivity index (χ2v) is 10.4. The van der Waals surface area contributed by atoms with Crippen LogP contribution in [0, 0.1) is 0 Å². The van der Waals surface area contributed by atoms with Crippen LogP contribution in [-0.4, -0.2) is 92.9 Å². The standard InChI is InChI=1S/C24H32N8O3/c1-23(6-8-31(15-23)20(33)24(34)4-2-5-24)32-7-3-17-18(16-13-26-21(25)27-14-16)28-22(29-19(17)32)30-9-11-35-12-10-30/h13-14,34H,2-12,15H2,1H3,(H2,25,26,27)/t23-/m0/s1. The first kappa shape index (κ1) is 22.4. The maximum absolute atomic E-state index is 13.0. The number of carbonyl (C=O) groups excluding carboxylic acids is 1. The zero-order chi connectivity index (χ0) is 24.2. The third-order valence-corrected chi connectivity index (χ3v) is 8.02. The zero-order valence-electron chi connectivity index (χ0n) is 20.1. The molecule has 1 atom stereocenters. The maximum Gasteiger partial charge on any atom is 0.254 e. The summed E-state index contributed by atoms with van der Waals surface area (Å²) >= 11 is 0. The van der Waals surface area contributed by atoms with Crippen molar-refractivity contribution in [2.24, 2.45) is 0 Å². The monoisotopic (exact) mass is 480 g/mol. The highest BCUT2D eigenvalue weighted by Gasteiger charge is 2.50. The third-order valence-electron chi connectivity index (χ3n) is 8.02. The van der Waals surface area contributed by atoms with Crippen LogP contribution in [0.1, 0.15) is 38.2 Å². The number of nitrogen functional groups attached to an aromatic ring is 1. The minimum absolute atomic E-state index is 0.122. The number of likely N-dealkylation sites (tertiary alicyclic amines) is 1. The van der Waals surface area contributed by atoms with E-state index in [1.165, 1.54) is 0 Å². The van der Waals surface area contributed by atoms with Gasteiger partial charge in [-0.25, -0.2) is 15.0 Å². The van der Waals surface area contributed by atoms with Crippen LogP contribution in [0.2, 0.25) is 0 Å². The molecule has 186 valence electrons. The summed E-state index contributed by atoms with van der Waals surface area (Å²) in [5.74, 6) is 1.69. The number of fused-ring (bicyclic) bond motifs is 1. The van der Waals surface area contributed by atoms with Gasteiger partial charge in [0.15, 0.2) is 0 Å². The Morgan fingerprint density at radius 2 is 1.83 bits per heavy atom. The number of rotatable bonds is 4. The van der Waals surface area contributed by atoms with E-state index in [2.05, 4.69) is 26.7 Å².